The van der Waals surface area contributed by atoms with Gasteiger partial charge in [-0.2, -0.15) is 0 Å². The van der Waals surface area contributed by atoms with Crippen LogP contribution in [0.4, 0.5) is 0 Å². The number of hydrogen-bond acceptors (Lipinski definition) is 3. The van der Waals surface area contributed by atoms with E-state index in [4.69, 9.17) is 21.1 Å². The van der Waals surface area contributed by atoms with Crippen molar-refractivity contribution in [2.45, 2.75) is 26.3 Å². The Labute approximate surface area is 108 Å². The van der Waals surface area contributed by atoms with E-state index in [1.165, 1.54) is 0 Å². The summed E-state index contributed by atoms with van der Waals surface area (Å²) in [5, 5.41) is 3.94. The summed E-state index contributed by atoms with van der Waals surface area (Å²) in [6.45, 7) is 5.12. The second-order valence-electron chi connectivity index (χ2n) is 3.72. The Morgan fingerprint density at radius 1 is 1.24 bits per heavy atom. The Balaban J connectivity index is 3.18. The molecule has 0 fully saturated rings. The second kappa shape index (κ2) is 6.72. The third-order valence-corrected chi connectivity index (χ3v) is 3.11. The molecule has 1 N–H and O–H groups in total. The first-order valence-electron chi connectivity index (χ1n) is 5.83. The molecular formula is C13H20ClNO2. The summed E-state index contributed by atoms with van der Waals surface area (Å²) in [6, 6.07) is 4.12. The minimum absolute atomic E-state index is 0.248. The third-order valence-electron chi connectivity index (χ3n) is 2.75. The molecule has 1 rings (SSSR count). The summed E-state index contributed by atoms with van der Waals surface area (Å²) < 4.78 is 10.6. The molecule has 0 aromatic heterocycles. The molecule has 0 amide bonds. The Morgan fingerprint density at radius 2 is 1.94 bits per heavy atom. The van der Waals surface area contributed by atoms with Crippen molar-refractivity contribution in [3.63, 3.8) is 0 Å². The maximum Gasteiger partial charge on any atom is 0.146 e. The van der Waals surface area contributed by atoms with Gasteiger partial charge in [0.25, 0.3) is 0 Å². The summed E-state index contributed by atoms with van der Waals surface area (Å²) in [5.41, 5.74) is 1.07. The fourth-order valence-corrected chi connectivity index (χ4v) is 2.24. The van der Waals surface area contributed by atoms with E-state index in [1.807, 2.05) is 12.1 Å². The van der Waals surface area contributed by atoms with Crippen LogP contribution in [-0.4, -0.2) is 20.8 Å². The molecule has 0 bridgehead atoms. The Hall–Kier alpha value is -0.930. The van der Waals surface area contributed by atoms with E-state index in [1.54, 1.807) is 14.2 Å². The summed E-state index contributed by atoms with van der Waals surface area (Å²) in [4.78, 5) is 0. The molecule has 0 spiro atoms. The minimum atomic E-state index is 0.248. The molecule has 1 aromatic carbocycles. The minimum Gasteiger partial charge on any atom is -0.495 e. The van der Waals surface area contributed by atoms with Gasteiger partial charge in [-0.25, -0.2) is 0 Å². The van der Waals surface area contributed by atoms with Crippen LogP contribution in [0.1, 0.15) is 31.9 Å². The van der Waals surface area contributed by atoms with Crippen LogP contribution < -0.4 is 14.8 Å². The first-order chi connectivity index (χ1) is 8.19. The molecule has 3 nitrogen and oxygen atoms in total. The molecule has 0 aliphatic heterocycles. The SMILES string of the molecule is CCNC(CC)c1ccc(OC)c(Cl)c1OC. The zero-order chi connectivity index (χ0) is 12.8. The van der Waals surface area contributed by atoms with Crippen LogP contribution in [0.3, 0.4) is 0 Å². The molecule has 0 radical (unpaired) electrons. The van der Waals surface area contributed by atoms with Gasteiger partial charge in [0.15, 0.2) is 0 Å². The number of nitrogens with one attached hydrogen (secondary N) is 1. The molecule has 96 valence electrons. The van der Waals surface area contributed by atoms with E-state index in [2.05, 4.69) is 19.2 Å². The van der Waals surface area contributed by atoms with E-state index in [0.29, 0.717) is 16.5 Å². The van der Waals surface area contributed by atoms with Crippen LogP contribution in [0, 0.1) is 0 Å². The molecule has 0 saturated carbocycles. The van der Waals surface area contributed by atoms with Gasteiger partial charge in [0, 0.05) is 11.6 Å². The number of ether oxygens (including phenoxy) is 2. The molecular weight excluding hydrogens is 238 g/mol. The zero-order valence-corrected chi connectivity index (χ0v) is 11.6. The quantitative estimate of drug-likeness (QED) is 0.847. The highest BCUT2D eigenvalue weighted by Crippen LogP contribution is 2.39. The highest BCUT2D eigenvalue weighted by molar-refractivity contribution is 6.33. The molecule has 1 unspecified atom stereocenters. The van der Waals surface area contributed by atoms with Crippen LogP contribution in [0.2, 0.25) is 5.02 Å². The van der Waals surface area contributed by atoms with Crippen molar-refractivity contribution in [3.8, 4) is 11.5 Å². The van der Waals surface area contributed by atoms with Gasteiger partial charge in [-0.05, 0) is 25.1 Å². The lowest BCUT2D eigenvalue weighted by atomic mass is 10.0. The molecule has 1 aromatic rings. The standard InChI is InChI=1S/C13H20ClNO2/c1-5-10(15-6-2)9-7-8-11(16-3)12(14)13(9)17-4/h7-8,10,15H,5-6H2,1-4H3. The smallest absolute Gasteiger partial charge is 0.146 e. The van der Waals surface area contributed by atoms with Crippen molar-refractivity contribution in [1.82, 2.24) is 5.32 Å². The van der Waals surface area contributed by atoms with Gasteiger partial charge in [0.1, 0.15) is 16.5 Å². The number of benzene rings is 1. The number of halogens is 1. The van der Waals surface area contributed by atoms with Gasteiger partial charge in [0.05, 0.1) is 14.2 Å². The maximum atomic E-state index is 6.24. The first kappa shape index (κ1) is 14.1. The number of hydrogen-bond donors (Lipinski definition) is 1. The average Bonchev–Trinajstić information content (AvgIpc) is 2.35. The second-order valence-corrected chi connectivity index (χ2v) is 4.10. The van der Waals surface area contributed by atoms with E-state index in [-0.39, 0.29) is 6.04 Å². The average molecular weight is 258 g/mol. The van der Waals surface area contributed by atoms with Crippen molar-refractivity contribution in [2.24, 2.45) is 0 Å². The zero-order valence-electron chi connectivity index (χ0n) is 10.8. The molecule has 0 aliphatic carbocycles. The van der Waals surface area contributed by atoms with Crippen molar-refractivity contribution >= 4 is 11.6 Å². The Bertz CT molecular complexity index is 369. The van der Waals surface area contributed by atoms with Crippen molar-refractivity contribution in [2.75, 3.05) is 20.8 Å². The summed E-state index contributed by atoms with van der Waals surface area (Å²) in [5.74, 6) is 1.33. The van der Waals surface area contributed by atoms with E-state index >= 15 is 0 Å². The lowest BCUT2D eigenvalue weighted by molar-refractivity contribution is 0.384. The maximum absolute atomic E-state index is 6.24. The molecule has 4 heteroatoms. The molecule has 0 aliphatic rings. The summed E-state index contributed by atoms with van der Waals surface area (Å²) in [7, 11) is 3.23. The van der Waals surface area contributed by atoms with Crippen LogP contribution in [0.5, 0.6) is 11.5 Å². The van der Waals surface area contributed by atoms with Crippen LogP contribution in [-0.2, 0) is 0 Å². The predicted octanol–water partition coefficient (Wildman–Crippen LogP) is 3.42. The van der Waals surface area contributed by atoms with Crippen molar-refractivity contribution < 1.29 is 9.47 Å². The lowest BCUT2D eigenvalue weighted by Crippen LogP contribution is -2.20. The lowest BCUT2D eigenvalue weighted by Gasteiger charge is -2.20. The van der Waals surface area contributed by atoms with Gasteiger partial charge in [-0.3, -0.25) is 0 Å². The third kappa shape index (κ3) is 3.05. The van der Waals surface area contributed by atoms with Gasteiger partial charge in [-0.1, -0.05) is 25.4 Å². The van der Waals surface area contributed by atoms with E-state index in [0.717, 1.165) is 18.5 Å². The van der Waals surface area contributed by atoms with E-state index < -0.39 is 0 Å². The molecule has 0 heterocycles. The monoisotopic (exact) mass is 257 g/mol. The first-order valence-corrected chi connectivity index (χ1v) is 6.21. The normalized spacial score (nSPS) is 12.3. The predicted molar refractivity (Wildman–Crippen MR) is 71.3 cm³/mol. The summed E-state index contributed by atoms with van der Waals surface area (Å²) in [6.07, 6.45) is 0.979. The van der Waals surface area contributed by atoms with Gasteiger partial charge >= 0.3 is 0 Å². The van der Waals surface area contributed by atoms with Crippen molar-refractivity contribution in [1.29, 1.82) is 0 Å². The highest BCUT2D eigenvalue weighted by atomic mass is 35.5. The number of rotatable bonds is 6. The molecule has 1 atom stereocenters. The molecule has 17 heavy (non-hydrogen) atoms. The van der Waals surface area contributed by atoms with Crippen LogP contribution in [0.25, 0.3) is 0 Å². The largest absolute Gasteiger partial charge is 0.495 e. The highest BCUT2D eigenvalue weighted by Gasteiger charge is 2.18. The Morgan fingerprint density at radius 3 is 2.41 bits per heavy atom. The number of methoxy groups -OCH3 is 2. The fraction of sp³-hybridized carbons (Fsp3) is 0.538. The van der Waals surface area contributed by atoms with E-state index in [9.17, 15) is 0 Å². The van der Waals surface area contributed by atoms with Gasteiger partial charge in [-0.15, -0.1) is 0 Å². The van der Waals surface area contributed by atoms with Crippen LogP contribution >= 0.6 is 11.6 Å². The topological polar surface area (TPSA) is 30.5 Å². The molecule has 0 saturated heterocycles. The summed E-state index contributed by atoms with van der Waals surface area (Å²) >= 11 is 6.24. The van der Waals surface area contributed by atoms with Gasteiger partial charge < -0.3 is 14.8 Å². The van der Waals surface area contributed by atoms with Crippen LogP contribution in [0.15, 0.2) is 12.1 Å². The van der Waals surface area contributed by atoms with Crippen molar-refractivity contribution in [3.05, 3.63) is 22.7 Å². The fourth-order valence-electron chi connectivity index (χ4n) is 1.91. The Kier molecular flexibility index (Phi) is 5.59. The van der Waals surface area contributed by atoms with Gasteiger partial charge in [0.2, 0.25) is 0 Å².